The second kappa shape index (κ2) is 7.32. The molecule has 0 bridgehead atoms. The second-order valence-corrected chi connectivity index (χ2v) is 6.12. The van der Waals surface area contributed by atoms with Crippen LogP contribution >= 0.6 is 0 Å². The molecule has 3 heteroatoms. The van der Waals surface area contributed by atoms with Gasteiger partial charge in [-0.05, 0) is 42.0 Å². The molecule has 0 radical (unpaired) electrons. The number of carbonyl (C=O) groups excluding carboxylic acids is 1. The highest BCUT2D eigenvalue weighted by molar-refractivity contribution is 5.77. The lowest BCUT2D eigenvalue weighted by molar-refractivity contribution is -0.130. The standard InChI is InChI=1S/C20H23NO2/c1-21(13-14-23-18-8-3-2-4-9-18)20(22)15-17-12-11-16-7-5-6-10-19(16)17/h2-10,17H,11-15H2,1H3. The van der Waals surface area contributed by atoms with Gasteiger partial charge in [-0.1, -0.05) is 42.5 Å². The predicted molar refractivity (Wildman–Crippen MR) is 91.7 cm³/mol. The maximum absolute atomic E-state index is 12.4. The molecule has 0 saturated carbocycles. The Bertz CT molecular complexity index is 654. The lowest BCUT2D eigenvalue weighted by Gasteiger charge is -2.20. The van der Waals surface area contributed by atoms with E-state index in [0.717, 1.165) is 18.6 Å². The minimum absolute atomic E-state index is 0.198. The van der Waals surface area contributed by atoms with Crippen molar-refractivity contribution in [2.45, 2.75) is 25.2 Å². The molecular formula is C20H23NO2. The van der Waals surface area contributed by atoms with Crippen molar-refractivity contribution >= 4 is 5.91 Å². The Morgan fingerprint density at radius 2 is 1.87 bits per heavy atom. The average molecular weight is 309 g/mol. The van der Waals surface area contributed by atoms with E-state index in [-0.39, 0.29) is 5.91 Å². The number of ether oxygens (including phenoxy) is 1. The number of rotatable bonds is 6. The summed E-state index contributed by atoms with van der Waals surface area (Å²) in [5.74, 6) is 1.41. The van der Waals surface area contributed by atoms with Crippen molar-refractivity contribution in [2.24, 2.45) is 0 Å². The monoisotopic (exact) mass is 309 g/mol. The van der Waals surface area contributed by atoms with E-state index in [4.69, 9.17) is 4.74 Å². The van der Waals surface area contributed by atoms with E-state index in [1.165, 1.54) is 11.1 Å². The first-order chi connectivity index (χ1) is 11.2. The molecule has 1 atom stereocenters. The molecule has 0 aliphatic heterocycles. The fraction of sp³-hybridized carbons (Fsp3) is 0.350. The molecule has 3 rings (SSSR count). The van der Waals surface area contributed by atoms with Gasteiger partial charge in [0.25, 0.3) is 0 Å². The van der Waals surface area contributed by atoms with Crippen LogP contribution in [0.4, 0.5) is 0 Å². The van der Waals surface area contributed by atoms with Crippen molar-refractivity contribution in [3.8, 4) is 5.75 Å². The summed E-state index contributed by atoms with van der Waals surface area (Å²) in [6.45, 7) is 1.13. The largest absolute Gasteiger partial charge is 0.492 e. The molecule has 0 heterocycles. The summed E-state index contributed by atoms with van der Waals surface area (Å²) >= 11 is 0. The molecule has 1 aliphatic carbocycles. The van der Waals surface area contributed by atoms with Gasteiger partial charge in [0.15, 0.2) is 0 Å². The summed E-state index contributed by atoms with van der Waals surface area (Å²) in [5.41, 5.74) is 2.76. The molecule has 2 aromatic rings. The Morgan fingerprint density at radius 3 is 2.70 bits per heavy atom. The summed E-state index contributed by atoms with van der Waals surface area (Å²) in [5, 5.41) is 0. The van der Waals surface area contributed by atoms with Crippen LogP contribution in [0.2, 0.25) is 0 Å². The van der Waals surface area contributed by atoms with Crippen LogP contribution < -0.4 is 4.74 Å². The highest BCUT2D eigenvalue weighted by Gasteiger charge is 2.25. The number of hydrogen-bond donors (Lipinski definition) is 0. The summed E-state index contributed by atoms with van der Waals surface area (Å²) in [4.78, 5) is 14.2. The molecule has 23 heavy (non-hydrogen) atoms. The molecule has 3 nitrogen and oxygen atoms in total. The van der Waals surface area contributed by atoms with Crippen LogP contribution in [0.1, 0.15) is 29.9 Å². The van der Waals surface area contributed by atoms with Crippen LogP contribution in [0.25, 0.3) is 0 Å². The number of nitrogens with zero attached hydrogens (tertiary/aromatic N) is 1. The van der Waals surface area contributed by atoms with Gasteiger partial charge in [0.05, 0.1) is 6.54 Å². The van der Waals surface area contributed by atoms with E-state index in [9.17, 15) is 4.79 Å². The Kier molecular flexibility index (Phi) is 4.96. The van der Waals surface area contributed by atoms with Crippen LogP contribution in [0.3, 0.4) is 0 Å². The Hall–Kier alpha value is -2.29. The minimum atomic E-state index is 0.198. The summed E-state index contributed by atoms with van der Waals surface area (Å²) in [6, 6.07) is 18.2. The van der Waals surface area contributed by atoms with Gasteiger partial charge in [0, 0.05) is 13.5 Å². The number of benzene rings is 2. The molecule has 0 saturated heterocycles. The molecule has 1 amide bonds. The lowest BCUT2D eigenvalue weighted by Crippen LogP contribution is -2.31. The zero-order valence-electron chi connectivity index (χ0n) is 13.6. The van der Waals surface area contributed by atoms with Crippen LogP contribution in [0.15, 0.2) is 54.6 Å². The maximum Gasteiger partial charge on any atom is 0.223 e. The Balaban J connectivity index is 1.47. The first kappa shape index (κ1) is 15.6. The summed E-state index contributed by atoms with van der Waals surface area (Å²) in [7, 11) is 1.86. The van der Waals surface area contributed by atoms with E-state index < -0.39 is 0 Å². The number of para-hydroxylation sites is 1. The quantitative estimate of drug-likeness (QED) is 0.815. The van der Waals surface area contributed by atoms with Crippen molar-refractivity contribution in [1.82, 2.24) is 4.90 Å². The second-order valence-electron chi connectivity index (χ2n) is 6.12. The molecule has 120 valence electrons. The van der Waals surface area contributed by atoms with E-state index in [0.29, 0.717) is 25.5 Å². The first-order valence-corrected chi connectivity index (χ1v) is 8.23. The van der Waals surface area contributed by atoms with Gasteiger partial charge >= 0.3 is 0 Å². The van der Waals surface area contributed by atoms with Crippen LogP contribution in [-0.2, 0) is 11.2 Å². The lowest BCUT2D eigenvalue weighted by atomic mass is 9.97. The first-order valence-electron chi connectivity index (χ1n) is 8.23. The molecule has 2 aromatic carbocycles. The zero-order chi connectivity index (χ0) is 16.1. The van der Waals surface area contributed by atoms with Crippen molar-refractivity contribution in [2.75, 3.05) is 20.2 Å². The van der Waals surface area contributed by atoms with Gasteiger partial charge < -0.3 is 9.64 Å². The van der Waals surface area contributed by atoms with Gasteiger partial charge in [-0.25, -0.2) is 0 Å². The summed E-state index contributed by atoms with van der Waals surface area (Å²) in [6.07, 6.45) is 2.77. The number of aryl methyl sites for hydroxylation is 1. The number of amides is 1. The Morgan fingerprint density at radius 1 is 1.13 bits per heavy atom. The Labute approximate surface area is 137 Å². The number of hydrogen-bond acceptors (Lipinski definition) is 2. The smallest absolute Gasteiger partial charge is 0.223 e. The van der Waals surface area contributed by atoms with Crippen molar-refractivity contribution in [3.05, 3.63) is 65.7 Å². The van der Waals surface area contributed by atoms with Crippen molar-refractivity contribution in [1.29, 1.82) is 0 Å². The summed E-state index contributed by atoms with van der Waals surface area (Å²) < 4.78 is 5.66. The van der Waals surface area contributed by atoms with Crippen LogP contribution in [-0.4, -0.2) is 31.0 Å². The number of carbonyl (C=O) groups is 1. The molecule has 0 N–H and O–H groups in total. The number of fused-ring (bicyclic) bond motifs is 1. The predicted octanol–water partition coefficient (Wildman–Crippen LogP) is 3.64. The van der Waals surface area contributed by atoms with Crippen LogP contribution in [0.5, 0.6) is 5.75 Å². The molecule has 0 fully saturated rings. The van der Waals surface area contributed by atoms with Gasteiger partial charge in [0.2, 0.25) is 5.91 Å². The van der Waals surface area contributed by atoms with E-state index in [1.807, 2.05) is 37.4 Å². The van der Waals surface area contributed by atoms with Gasteiger partial charge in [0.1, 0.15) is 12.4 Å². The fourth-order valence-electron chi connectivity index (χ4n) is 3.17. The molecule has 0 spiro atoms. The average Bonchev–Trinajstić information content (AvgIpc) is 2.99. The normalized spacial score (nSPS) is 16.0. The third-order valence-electron chi connectivity index (χ3n) is 4.54. The van der Waals surface area contributed by atoms with Gasteiger partial charge in [-0.15, -0.1) is 0 Å². The third-order valence-corrected chi connectivity index (χ3v) is 4.54. The minimum Gasteiger partial charge on any atom is -0.492 e. The van der Waals surface area contributed by atoms with Gasteiger partial charge in [-0.2, -0.15) is 0 Å². The third kappa shape index (κ3) is 3.92. The topological polar surface area (TPSA) is 29.5 Å². The van der Waals surface area contributed by atoms with Gasteiger partial charge in [-0.3, -0.25) is 4.79 Å². The van der Waals surface area contributed by atoms with Crippen LogP contribution in [0, 0.1) is 0 Å². The van der Waals surface area contributed by atoms with Crippen molar-refractivity contribution in [3.63, 3.8) is 0 Å². The SMILES string of the molecule is CN(CCOc1ccccc1)C(=O)CC1CCc2ccccc21. The van der Waals surface area contributed by atoms with E-state index >= 15 is 0 Å². The zero-order valence-corrected chi connectivity index (χ0v) is 13.6. The number of likely N-dealkylation sites (N-methyl/N-ethyl adjacent to an activating group) is 1. The fourth-order valence-corrected chi connectivity index (χ4v) is 3.17. The maximum atomic E-state index is 12.4. The molecular weight excluding hydrogens is 286 g/mol. The highest BCUT2D eigenvalue weighted by atomic mass is 16.5. The molecule has 1 aliphatic rings. The molecule has 0 aromatic heterocycles. The van der Waals surface area contributed by atoms with Crippen molar-refractivity contribution < 1.29 is 9.53 Å². The van der Waals surface area contributed by atoms with E-state index in [2.05, 4.69) is 24.3 Å². The van der Waals surface area contributed by atoms with E-state index in [1.54, 1.807) is 4.90 Å². The molecule has 1 unspecified atom stereocenters. The highest BCUT2D eigenvalue weighted by Crippen LogP contribution is 2.35.